The molecule has 0 saturated heterocycles. The van der Waals surface area contributed by atoms with E-state index in [2.05, 4.69) is 4.98 Å². The molecule has 0 fully saturated rings. The van der Waals surface area contributed by atoms with Gasteiger partial charge in [0.25, 0.3) is 0 Å². The Morgan fingerprint density at radius 1 is 1.75 bits per heavy atom. The maximum atomic E-state index is 10.6. The monoisotopic (exact) mass is 166 g/mol. The highest BCUT2D eigenvalue weighted by Gasteiger charge is 2.24. The number of hydrogen-bond acceptors (Lipinski definition) is 2. The summed E-state index contributed by atoms with van der Waals surface area (Å²) in [6.07, 6.45) is 4.91. The second kappa shape index (κ2) is 2.62. The molecular formula is C8H10N2O2. The highest BCUT2D eigenvalue weighted by atomic mass is 16.4. The van der Waals surface area contributed by atoms with E-state index in [9.17, 15) is 4.79 Å². The van der Waals surface area contributed by atoms with E-state index < -0.39 is 5.97 Å². The van der Waals surface area contributed by atoms with Crippen LogP contribution in [0.3, 0.4) is 0 Å². The predicted molar refractivity (Wildman–Crippen MR) is 41.7 cm³/mol. The smallest absolute Gasteiger partial charge is 0.307 e. The van der Waals surface area contributed by atoms with Gasteiger partial charge in [0.2, 0.25) is 0 Å². The molecule has 2 rings (SSSR count). The standard InChI is InChI=1S/C8H10N2O2/c11-8(12)6-1-3-10-4-2-9-7(10)5-6/h2,4,6H,1,3,5H2,(H,11,12)/t6-/m0/s1. The van der Waals surface area contributed by atoms with Crippen molar-refractivity contribution in [3.63, 3.8) is 0 Å². The minimum Gasteiger partial charge on any atom is -0.481 e. The summed E-state index contributed by atoms with van der Waals surface area (Å²) in [4.78, 5) is 14.7. The van der Waals surface area contributed by atoms with Crippen molar-refractivity contribution in [1.82, 2.24) is 9.55 Å². The van der Waals surface area contributed by atoms with E-state index >= 15 is 0 Å². The molecule has 1 aliphatic rings. The second-order valence-corrected chi connectivity index (χ2v) is 3.06. The number of rotatable bonds is 1. The molecule has 2 heterocycles. The maximum Gasteiger partial charge on any atom is 0.307 e. The molecule has 1 N–H and O–H groups in total. The van der Waals surface area contributed by atoms with Crippen molar-refractivity contribution in [2.75, 3.05) is 0 Å². The number of fused-ring (bicyclic) bond motifs is 1. The van der Waals surface area contributed by atoms with Gasteiger partial charge in [-0.15, -0.1) is 0 Å². The lowest BCUT2D eigenvalue weighted by atomic mass is 9.98. The fraction of sp³-hybridized carbons (Fsp3) is 0.500. The van der Waals surface area contributed by atoms with Crippen LogP contribution in [0.1, 0.15) is 12.2 Å². The molecule has 1 aromatic rings. The topological polar surface area (TPSA) is 55.1 Å². The Hall–Kier alpha value is -1.32. The largest absolute Gasteiger partial charge is 0.481 e. The zero-order chi connectivity index (χ0) is 8.55. The van der Waals surface area contributed by atoms with Crippen molar-refractivity contribution in [2.45, 2.75) is 19.4 Å². The lowest BCUT2D eigenvalue weighted by Crippen LogP contribution is -2.25. The number of carboxylic acid groups (broad SMARTS) is 1. The Kier molecular flexibility index (Phi) is 1.60. The van der Waals surface area contributed by atoms with Gasteiger partial charge in [-0.05, 0) is 6.42 Å². The molecular weight excluding hydrogens is 156 g/mol. The third-order valence-electron chi connectivity index (χ3n) is 2.30. The molecule has 1 aliphatic heterocycles. The molecule has 0 saturated carbocycles. The predicted octanol–water partition coefficient (Wildman–Crippen LogP) is 0.530. The average molecular weight is 166 g/mol. The Morgan fingerprint density at radius 2 is 2.58 bits per heavy atom. The van der Waals surface area contributed by atoms with Crippen LogP contribution >= 0.6 is 0 Å². The van der Waals surface area contributed by atoms with E-state index in [1.807, 2.05) is 10.8 Å². The molecule has 4 heteroatoms. The van der Waals surface area contributed by atoms with Gasteiger partial charge < -0.3 is 9.67 Å². The Morgan fingerprint density at radius 3 is 3.33 bits per heavy atom. The summed E-state index contributed by atoms with van der Waals surface area (Å²) in [7, 11) is 0. The van der Waals surface area contributed by atoms with Crippen LogP contribution in [0.25, 0.3) is 0 Å². The molecule has 64 valence electrons. The zero-order valence-corrected chi connectivity index (χ0v) is 6.60. The van der Waals surface area contributed by atoms with Crippen molar-refractivity contribution >= 4 is 5.97 Å². The summed E-state index contributed by atoms with van der Waals surface area (Å²) < 4.78 is 2.01. The number of aliphatic carboxylic acids is 1. The van der Waals surface area contributed by atoms with Gasteiger partial charge >= 0.3 is 5.97 Å². The van der Waals surface area contributed by atoms with Crippen LogP contribution in [-0.4, -0.2) is 20.6 Å². The van der Waals surface area contributed by atoms with Gasteiger partial charge in [0.15, 0.2) is 0 Å². The minimum atomic E-state index is -0.704. The summed E-state index contributed by atoms with van der Waals surface area (Å²) in [6, 6.07) is 0. The number of carboxylic acids is 1. The van der Waals surface area contributed by atoms with Crippen molar-refractivity contribution in [3.05, 3.63) is 18.2 Å². The van der Waals surface area contributed by atoms with Gasteiger partial charge in [-0.1, -0.05) is 0 Å². The maximum absolute atomic E-state index is 10.6. The SMILES string of the molecule is O=C(O)[C@H]1CCn2ccnc2C1. The van der Waals surface area contributed by atoms with E-state index in [1.165, 1.54) is 0 Å². The van der Waals surface area contributed by atoms with Crippen LogP contribution in [0.5, 0.6) is 0 Å². The van der Waals surface area contributed by atoms with Crippen LogP contribution in [0, 0.1) is 5.92 Å². The van der Waals surface area contributed by atoms with Crippen LogP contribution in [0.4, 0.5) is 0 Å². The summed E-state index contributed by atoms with van der Waals surface area (Å²) in [5, 5.41) is 8.76. The van der Waals surface area contributed by atoms with E-state index in [1.54, 1.807) is 6.20 Å². The third kappa shape index (κ3) is 1.09. The second-order valence-electron chi connectivity index (χ2n) is 3.06. The fourth-order valence-corrected chi connectivity index (χ4v) is 1.56. The lowest BCUT2D eigenvalue weighted by Gasteiger charge is -2.19. The Balaban J connectivity index is 2.20. The zero-order valence-electron chi connectivity index (χ0n) is 6.60. The number of hydrogen-bond donors (Lipinski definition) is 1. The fourth-order valence-electron chi connectivity index (χ4n) is 1.56. The summed E-state index contributed by atoms with van der Waals surface area (Å²) in [6.45, 7) is 0.784. The van der Waals surface area contributed by atoms with Crippen molar-refractivity contribution in [3.8, 4) is 0 Å². The molecule has 1 aromatic heterocycles. The van der Waals surface area contributed by atoms with Crippen molar-refractivity contribution < 1.29 is 9.90 Å². The molecule has 0 bridgehead atoms. The van der Waals surface area contributed by atoms with E-state index in [0.717, 1.165) is 18.8 Å². The molecule has 0 radical (unpaired) electrons. The first-order valence-corrected chi connectivity index (χ1v) is 4.00. The average Bonchev–Trinajstić information content (AvgIpc) is 2.49. The highest BCUT2D eigenvalue weighted by molar-refractivity contribution is 5.70. The Bertz CT molecular complexity index is 306. The molecule has 1 atom stereocenters. The molecule has 0 amide bonds. The molecule has 12 heavy (non-hydrogen) atoms. The highest BCUT2D eigenvalue weighted by Crippen LogP contribution is 2.18. The molecule has 0 aromatic carbocycles. The van der Waals surface area contributed by atoms with Gasteiger partial charge in [-0.25, -0.2) is 4.98 Å². The van der Waals surface area contributed by atoms with Gasteiger partial charge in [0.1, 0.15) is 5.82 Å². The van der Waals surface area contributed by atoms with E-state index in [4.69, 9.17) is 5.11 Å². The minimum absolute atomic E-state index is 0.236. The van der Waals surface area contributed by atoms with Crippen molar-refractivity contribution in [2.24, 2.45) is 5.92 Å². The van der Waals surface area contributed by atoms with Gasteiger partial charge in [-0.3, -0.25) is 4.79 Å². The van der Waals surface area contributed by atoms with Gasteiger partial charge in [0.05, 0.1) is 5.92 Å². The summed E-state index contributed by atoms with van der Waals surface area (Å²) in [5.74, 6) is -0.0437. The molecule has 0 spiro atoms. The summed E-state index contributed by atoms with van der Waals surface area (Å²) in [5.41, 5.74) is 0. The van der Waals surface area contributed by atoms with E-state index in [-0.39, 0.29) is 5.92 Å². The number of aromatic nitrogens is 2. The normalized spacial score (nSPS) is 21.8. The van der Waals surface area contributed by atoms with Crippen LogP contribution < -0.4 is 0 Å². The quantitative estimate of drug-likeness (QED) is 0.662. The van der Waals surface area contributed by atoms with Gasteiger partial charge in [-0.2, -0.15) is 0 Å². The van der Waals surface area contributed by atoms with Gasteiger partial charge in [0, 0.05) is 25.4 Å². The Labute approximate surface area is 69.8 Å². The third-order valence-corrected chi connectivity index (χ3v) is 2.30. The molecule has 4 nitrogen and oxygen atoms in total. The first kappa shape index (κ1) is 7.34. The van der Waals surface area contributed by atoms with Crippen LogP contribution in [0.15, 0.2) is 12.4 Å². The van der Waals surface area contributed by atoms with E-state index in [0.29, 0.717) is 6.42 Å². The van der Waals surface area contributed by atoms with Crippen molar-refractivity contribution in [1.29, 1.82) is 0 Å². The first-order chi connectivity index (χ1) is 5.77. The number of nitrogens with zero attached hydrogens (tertiary/aromatic N) is 2. The number of imidazole rings is 1. The van der Waals surface area contributed by atoms with Crippen LogP contribution in [0.2, 0.25) is 0 Å². The summed E-state index contributed by atoms with van der Waals surface area (Å²) >= 11 is 0. The van der Waals surface area contributed by atoms with Crippen LogP contribution in [-0.2, 0) is 17.8 Å². The first-order valence-electron chi connectivity index (χ1n) is 4.00. The number of aryl methyl sites for hydroxylation is 1. The lowest BCUT2D eigenvalue weighted by molar-refractivity contribution is -0.142. The number of carbonyl (C=O) groups is 1. The molecule has 0 unspecified atom stereocenters. The molecule has 0 aliphatic carbocycles.